The van der Waals surface area contributed by atoms with Gasteiger partial charge in [0.1, 0.15) is 16.8 Å². The van der Waals surface area contributed by atoms with Gasteiger partial charge in [0.05, 0.1) is 0 Å². The van der Waals surface area contributed by atoms with Gasteiger partial charge in [0.15, 0.2) is 0 Å². The highest BCUT2D eigenvalue weighted by molar-refractivity contribution is 5.69. The summed E-state index contributed by atoms with van der Waals surface area (Å²) in [5.74, 6) is 2.12. The first-order valence-corrected chi connectivity index (χ1v) is 22.1. The summed E-state index contributed by atoms with van der Waals surface area (Å²) in [6.45, 7) is 23.9. The molecule has 4 aliphatic carbocycles. The molecule has 6 aliphatic rings. The van der Waals surface area contributed by atoms with Crippen molar-refractivity contribution in [2.45, 2.75) is 168 Å². The van der Waals surface area contributed by atoms with Gasteiger partial charge in [-0.2, -0.15) is 0 Å². The van der Waals surface area contributed by atoms with Crippen LogP contribution in [0.4, 0.5) is 14.4 Å². The summed E-state index contributed by atoms with van der Waals surface area (Å²) in [7, 11) is 0. The molecule has 3 amide bonds. The number of nitrogens with one attached hydrogen (secondary N) is 4. The van der Waals surface area contributed by atoms with Crippen LogP contribution >= 0.6 is 0 Å². The molecule has 11 nitrogen and oxygen atoms in total. The SMILES string of the molecule is CC(C)(C)OC(=O)NC12CCCC1CCC2.CC(C)(C)OC(=O)NCC12CCCC1CN(Cc1ccccc1)C2.CC(C)(C)OC(=O)NCC12CCCC1CNC2. The van der Waals surface area contributed by atoms with Crippen LogP contribution in [-0.4, -0.2) is 84.8 Å². The number of rotatable bonds is 7. The zero-order chi connectivity index (χ0) is 41.5. The van der Waals surface area contributed by atoms with Crippen molar-refractivity contribution in [1.29, 1.82) is 0 Å². The maximum atomic E-state index is 12.0. The molecule has 0 radical (unpaired) electrons. The quantitative estimate of drug-likeness (QED) is 0.202. The summed E-state index contributed by atoms with van der Waals surface area (Å²) >= 11 is 0. The molecule has 322 valence electrons. The molecule has 4 unspecified atom stereocenters. The predicted octanol–water partition coefficient (Wildman–Crippen LogP) is 8.95. The van der Waals surface area contributed by atoms with Crippen LogP contribution in [0.25, 0.3) is 0 Å². The van der Waals surface area contributed by atoms with Crippen molar-refractivity contribution in [2.75, 3.05) is 39.3 Å². The van der Waals surface area contributed by atoms with E-state index in [1.54, 1.807) is 0 Å². The van der Waals surface area contributed by atoms with Crippen molar-refractivity contribution in [3.05, 3.63) is 35.9 Å². The van der Waals surface area contributed by atoms with Crippen LogP contribution in [0.3, 0.4) is 0 Å². The number of benzene rings is 1. The van der Waals surface area contributed by atoms with E-state index in [0.717, 1.165) is 64.6 Å². The molecule has 11 heteroatoms. The molecule has 1 aromatic carbocycles. The number of fused-ring (bicyclic) bond motifs is 3. The molecule has 2 aliphatic heterocycles. The lowest BCUT2D eigenvalue weighted by Gasteiger charge is -2.32. The van der Waals surface area contributed by atoms with Crippen molar-refractivity contribution in [1.82, 2.24) is 26.2 Å². The summed E-state index contributed by atoms with van der Waals surface area (Å²) < 4.78 is 16.0. The van der Waals surface area contributed by atoms with E-state index in [1.807, 2.05) is 62.3 Å². The van der Waals surface area contributed by atoms with Gasteiger partial charge in [-0.3, -0.25) is 4.90 Å². The molecule has 4 N–H and O–H groups in total. The lowest BCUT2D eigenvalue weighted by atomic mass is 9.81. The zero-order valence-corrected chi connectivity index (χ0v) is 37.0. The summed E-state index contributed by atoms with van der Waals surface area (Å²) in [4.78, 5) is 38.0. The number of amides is 3. The highest BCUT2D eigenvalue weighted by Crippen LogP contribution is 2.49. The molecule has 7 rings (SSSR count). The average Bonchev–Trinajstić information content (AvgIpc) is 3.91. The molecule has 1 aromatic rings. The number of hydrogen-bond donors (Lipinski definition) is 4. The van der Waals surface area contributed by atoms with Gasteiger partial charge in [-0.1, -0.05) is 56.0 Å². The molecule has 2 heterocycles. The van der Waals surface area contributed by atoms with Gasteiger partial charge < -0.3 is 35.5 Å². The fourth-order valence-corrected chi connectivity index (χ4v) is 10.7. The highest BCUT2D eigenvalue weighted by atomic mass is 16.6. The molecule has 2 saturated heterocycles. The zero-order valence-electron chi connectivity index (χ0n) is 37.0. The molecule has 6 fully saturated rings. The minimum Gasteiger partial charge on any atom is -0.444 e. The Kier molecular flexibility index (Phi) is 14.6. The van der Waals surface area contributed by atoms with Crippen molar-refractivity contribution in [2.24, 2.45) is 28.6 Å². The molecule has 4 atom stereocenters. The summed E-state index contributed by atoms with van der Waals surface area (Å²) in [5.41, 5.74) is 0.710. The maximum absolute atomic E-state index is 12.0. The van der Waals surface area contributed by atoms with Gasteiger partial charge in [0.2, 0.25) is 0 Å². The second-order valence-corrected chi connectivity index (χ2v) is 21.2. The van der Waals surface area contributed by atoms with Crippen LogP contribution in [0.1, 0.15) is 145 Å². The minimum absolute atomic E-state index is 0.0718. The van der Waals surface area contributed by atoms with Gasteiger partial charge >= 0.3 is 18.3 Å². The van der Waals surface area contributed by atoms with E-state index in [4.69, 9.17) is 14.2 Å². The second kappa shape index (κ2) is 18.5. The Morgan fingerprint density at radius 2 is 1.16 bits per heavy atom. The first kappa shape index (κ1) is 45.0. The van der Waals surface area contributed by atoms with E-state index in [1.165, 1.54) is 69.8 Å². The van der Waals surface area contributed by atoms with E-state index in [0.29, 0.717) is 11.8 Å². The lowest BCUT2D eigenvalue weighted by molar-refractivity contribution is 0.0436. The predicted molar refractivity (Wildman–Crippen MR) is 226 cm³/mol. The van der Waals surface area contributed by atoms with Crippen molar-refractivity contribution >= 4 is 18.3 Å². The van der Waals surface area contributed by atoms with Gasteiger partial charge in [0, 0.05) is 55.6 Å². The number of ether oxygens (including phenoxy) is 3. The Balaban J connectivity index is 0.000000168. The largest absolute Gasteiger partial charge is 0.444 e. The third kappa shape index (κ3) is 13.0. The first-order valence-electron chi connectivity index (χ1n) is 22.1. The highest BCUT2D eigenvalue weighted by Gasteiger charge is 2.50. The number of alkyl carbamates (subject to hydrolysis) is 3. The molecule has 0 spiro atoms. The monoisotopic (exact) mass is 796 g/mol. The number of carbonyl (C=O) groups is 3. The van der Waals surface area contributed by atoms with Gasteiger partial charge in [-0.25, -0.2) is 14.4 Å². The molecule has 0 aromatic heterocycles. The number of carbonyl (C=O) groups excluding carboxylic acids is 3. The summed E-state index contributed by atoms with van der Waals surface area (Å²) in [6, 6.07) is 10.7. The van der Waals surface area contributed by atoms with Crippen LogP contribution < -0.4 is 21.3 Å². The second-order valence-electron chi connectivity index (χ2n) is 21.2. The number of hydrogen-bond acceptors (Lipinski definition) is 8. The third-order valence-corrected chi connectivity index (χ3v) is 13.2. The first-order chi connectivity index (χ1) is 26.7. The average molecular weight is 796 g/mol. The van der Waals surface area contributed by atoms with Crippen LogP contribution in [0.15, 0.2) is 30.3 Å². The molecule has 57 heavy (non-hydrogen) atoms. The molecule has 0 bridgehead atoms. The Labute approximate surface area is 344 Å². The lowest BCUT2D eigenvalue weighted by Crippen LogP contribution is -2.49. The van der Waals surface area contributed by atoms with Gasteiger partial charge in [-0.15, -0.1) is 0 Å². The van der Waals surface area contributed by atoms with Crippen LogP contribution in [0.5, 0.6) is 0 Å². The van der Waals surface area contributed by atoms with Crippen molar-refractivity contribution < 1.29 is 28.6 Å². The molecular weight excluding hydrogens is 719 g/mol. The standard InChI is InChI=1S/C20H30N2O2.C13H24N2O2.C13H23NO2/c1-19(2,3)24-18(23)21-14-20-11-7-10-17(20)13-22(15-20)12-16-8-5-4-6-9-16;1-12(2,3)17-11(16)15-9-13-6-4-5-10(13)7-14-8-13;1-12(2,3)16-11(15)14-13-8-4-6-10(13)7-5-9-13/h4-6,8-9,17H,7,10-15H2,1-3H3,(H,21,23);10,14H,4-9H2,1-3H3,(H,15,16);10H,4-9H2,1-3H3,(H,14,15). The van der Waals surface area contributed by atoms with Crippen LogP contribution in [0.2, 0.25) is 0 Å². The molecular formula is C46H77N5O6. The Hall–Kier alpha value is -3.05. The smallest absolute Gasteiger partial charge is 0.408 e. The van der Waals surface area contributed by atoms with E-state index in [9.17, 15) is 14.4 Å². The van der Waals surface area contributed by atoms with Crippen LogP contribution in [0, 0.1) is 28.6 Å². The van der Waals surface area contributed by atoms with Gasteiger partial charge in [-0.05, 0) is 144 Å². The number of nitrogens with zero attached hydrogens (tertiary/aromatic N) is 1. The van der Waals surface area contributed by atoms with E-state index >= 15 is 0 Å². The van der Waals surface area contributed by atoms with Crippen LogP contribution in [-0.2, 0) is 20.8 Å². The molecule has 4 saturated carbocycles. The van der Waals surface area contributed by atoms with E-state index in [-0.39, 0.29) is 34.6 Å². The van der Waals surface area contributed by atoms with Crippen molar-refractivity contribution in [3.8, 4) is 0 Å². The van der Waals surface area contributed by atoms with E-state index < -0.39 is 16.8 Å². The Morgan fingerprint density at radius 3 is 1.74 bits per heavy atom. The van der Waals surface area contributed by atoms with E-state index in [2.05, 4.69) is 56.5 Å². The number of likely N-dealkylation sites (tertiary alicyclic amines) is 1. The van der Waals surface area contributed by atoms with Gasteiger partial charge in [0.25, 0.3) is 0 Å². The summed E-state index contributed by atoms with van der Waals surface area (Å²) in [5, 5.41) is 12.6. The Bertz CT molecular complexity index is 1460. The summed E-state index contributed by atoms with van der Waals surface area (Å²) in [6.07, 6.45) is 14.1. The normalized spacial score (nSPS) is 30.4. The fourth-order valence-electron chi connectivity index (χ4n) is 10.7. The Morgan fingerprint density at radius 1 is 0.667 bits per heavy atom. The minimum atomic E-state index is -0.439. The topological polar surface area (TPSA) is 130 Å². The van der Waals surface area contributed by atoms with Crippen molar-refractivity contribution in [3.63, 3.8) is 0 Å². The maximum Gasteiger partial charge on any atom is 0.408 e. The fraction of sp³-hybridized carbons (Fsp3) is 0.804. The third-order valence-electron chi connectivity index (χ3n) is 13.2.